The normalized spacial score (nSPS) is 20.5. The summed E-state index contributed by atoms with van der Waals surface area (Å²) in [5.41, 5.74) is 2.35. The lowest BCUT2D eigenvalue weighted by Gasteiger charge is -2.29. The van der Waals surface area contributed by atoms with Gasteiger partial charge < -0.3 is 9.80 Å². The van der Waals surface area contributed by atoms with Gasteiger partial charge in [0.25, 0.3) is 0 Å². The molecule has 0 N–H and O–H groups in total. The van der Waals surface area contributed by atoms with Crippen molar-refractivity contribution in [2.45, 2.75) is 38.0 Å². The lowest BCUT2D eigenvalue weighted by atomic mass is 10.1. The number of sulfonamides is 1. The fraction of sp³-hybridized carbons (Fsp3) is 0.611. The first-order valence-electron chi connectivity index (χ1n) is 8.84. The highest BCUT2D eigenvalue weighted by molar-refractivity contribution is 7.92. The minimum atomic E-state index is -3.24. The first kappa shape index (κ1) is 18.2. The SMILES string of the molecule is C[C@@H](CN1CCCC1)N(C)C(=O)Cc1ccc2c(c1)N(C)S(=O)(=O)C2. The third kappa shape index (κ3) is 3.82. The van der Waals surface area contributed by atoms with Crippen molar-refractivity contribution in [3.8, 4) is 0 Å². The van der Waals surface area contributed by atoms with Gasteiger partial charge >= 0.3 is 0 Å². The van der Waals surface area contributed by atoms with Gasteiger partial charge in [0.15, 0.2) is 0 Å². The lowest BCUT2D eigenvalue weighted by molar-refractivity contribution is -0.131. The summed E-state index contributed by atoms with van der Waals surface area (Å²) in [6, 6.07) is 5.69. The summed E-state index contributed by atoms with van der Waals surface area (Å²) in [6.07, 6.45) is 2.79. The van der Waals surface area contributed by atoms with Crippen molar-refractivity contribution < 1.29 is 13.2 Å². The molecular weight excluding hydrogens is 338 g/mol. The number of nitrogens with zero attached hydrogens (tertiary/aromatic N) is 3. The number of amides is 1. The first-order chi connectivity index (χ1) is 11.8. The first-order valence-corrected chi connectivity index (χ1v) is 10.5. The smallest absolute Gasteiger partial charge is 0.239 e. The number of hydrogen-bond acceptors (Lipinski definition) is 4. The second-order valence-corrected chi connectivity index (χ2v) is 9.23. The summed E-state index contributed by atoms with van der Waals surface area (Å²) >= 11 is 0. The Hall–Kier alpha value is -1.60. The van der Waals surface area contributed by atoms with E-state index in [-0.39, 0.29) is 17.7 Å². The van der Waals surface area contributed by atoms with Gasteiger partial charge in [0, 0.05) is 26.7 Å². The van der Waals surface area contributed by atoms with Crippen LogP contribution in [0.15, 0.2) is 18.2 Å². The second kappa shape index (κ2) is 6.96. The molecule has 0 aliphatic carbocycles. The third-order valence-electron chi connectivity index (χ3n) is 5.38. The van der Waals surface area contributed by atoms with Crippen LogP contribution in [0.2, 0.25) is 0 Å². The van der Waals surface area contributed by atoms with Crippen LogP contribution in [0, 0.1) is 0 Å². The van der Waals surface area contributed by atoms with Crippen molar-refractivity contribution in [2.75, 3.05) is 38.0 Å². The fourth-order valence-corrected chi connectivity index (χ4v) is 4.88. The van der Waals surface area contributed by atoms with Crippen LogP contribution in [0.1, 0.15) is 30.9 Å². The zero-order valence-electron chi connectivity index (χ0n) is 15.2. The molecule has 6 nitrogen and oxygen atoms in total. The molecule has 1 fully saturated rings. The monoisotopic (exact) mass is 365 g/mol. The molecule has 0 bridgehead atoms. The molecule has 1 atom stereocenters. The minimum absolute atomic E-state index is 0.0415. The Morgan fingerprint density at radius 2 is 1.96 bits per heavy atom. The standard InChI is InChI=1S/C18H27N3O3S/c1-14(12-21-8-4-5-9-21)19(2)18(22)11-15-6-7-16-13-25(23,24)20(3)17(16)10-15/h6-7,10,14H,4-5,8-9,11-13H2,1-3H3/t14-/m0/s1. The Bertz CT molecular complexity index is 757. The van der Waals surface area contributed by atoms with Crippen LogP contribution in [0.3, 0.4) is 0 Å². The van der Waals surface area contributed by atoms with E-state index in [2.05, 4.69) is 11.8 Å². The summed E-state index contributed by atoms with van der Waals surface area (Å²) in [5, 5.41) is 0. The van der Waals surface area contributed by atoms with E-state index in [4.69, 9.17) is 0 Å². The maximum atomic E-state index is 12.6. The Kier molecular flexibility index (Phi) is 5.06. The summed E-state index contributed by atoms with van der Waals surface area (Å²) in [6.45, 7) is 5.24. The van der Waals surface area contributed by atoms with E-state index < -0.39 is 10.0 Å². The quantitative estimate of drug-likeness (QED) is 0.792. The van der Waals surface area contributed by atoms with Crippen LogP contribution in [0.25, 0.3) is 0 Å². The van der Waals surface area contributed by atoms with Gasteiger partial charge in [0.1, 0.15) is 0 Å². The number of anilines is 1. The van der Waals surface area contributed by atoms with Gasteiger partial charge in [-0.05, 0) is 50.0 Å². The highest BCUT2D eigenvalue weighted by Crippen LogP contribution is 2.33. The second-order valence-electron chi connectivity index (χ2n) is 7.22. The molecule has 0 aromatic heterocycles. The Labute approximate surface area is 150 Å². The van der Waals surface area contributed by atoms with E-state index in [1.165, 1.54) is 17.1 Å². The molecule has 1 aromatic carbocycles. The Balaban J connectivity index is 1.64. The number of rotatable bonds is 5. The molecule has 2 aliphatic heterocycles. The van der Waals surface area contributed by atoms with E-state index in [0.717, 1.165) is 30.8 Å². The number of benzene rings is 1. The number of likely N-dealkylation sites (tertiary alicyclic amines) is 1. The van der Waals surface area contributed by atoms with Crippen molar-refractivity contribution >= 4 is 21.6 Å². The molecule has 0 unspecified atom stereocenters. The predicted octanol–water partition coefficient (Wildman–Crippen LogP) is 1.45. The van der Waals surface area contributed by atoms with Gasteiger partial charge in [-0.3, -0.25) is 9.10 Å². The molecule has 1 saturated heterocycles. The molecule has 25 heavy (non-hydrogen) atoms. The number of likely N-dealkylation sites (N-methyl/N-ethyl adjacent to an activating group) is 1. The molecule has 7 heteroatoms. The van der Waals surface area contributed by atoms with Crippen LogP contribution in [0.5, 0.6) is 0 Å². The van der Waals surface area contributed by atoms with Gasteiger partial charge in [-0.1, -0.05) is 12.1 Å². The zero-order valence-corrected chi connectivity index (χ0v) is 16.1. The van der Waals surface area contributed by atoms with E-state index in [0.29, 0.717) is 12.1 Å². The fourth-order valence-electron chi connectivity index (χ4n) is 3.58. The Morgan fingerprint density at radius 3 is 2.64 bits per heavy atom. The van der Waals surface area contributed by atoms with E-state index in [1.54, 1.807) is 7.05 Å². The molecule has 0 spiro atoms. The van der Waals surface area contributed by atoms with Crippen LogP contribution in [-0.4, -0.2) is 63.9 Å². The molecule has 1 aromatic rings. The third-order valence-corrected chi connectivity index (χ3v) is 7.08. The molecule has 3 rings (SSSR count). The number of carbonyl (C=O) groups is 1. The van der Waals surface area contributed by atoms with Gasteiger partial charge in [0.05, 0.1) is 17.9 Å². The highest BCUT2D eigenvalue weighted by Gasteiger charge is 2.30. The van der Waals surface area contributed by atoms with E-state index >= 15 is 0 Å². The van der Waals surface area contributed by atoms with Crippen molar-refractivity contribution in [2.24, 2.45) is 0 Å². The van der Waals surface area contributed by atoms with Crippen molar-refractivity contribution in [3.05, 3.63) is 29.3 Å². The van der Waals surface area contributed by atoms with E-state index in [9.17, 15) is 13.2 Å². The molecule has 0 radical (unpaired) electrons. The van der Waals surface area contributed by atoms with Gasteiger partial charge in [-0.15, -0.1) is 0 Å². The van der Waals surface area contributed by atoms with Gasteiger partial charge in [0.2, 0.25) is 15.9 Å². The molecular formula is C18H27N3O3S. The van der Waals surface area contributed by atoms with Crippen molar-refractivity contribution in [1.29, 1.82) is 0 Å². The van der Waals surface area contributed by atoms with Crippen LogP contribution < -0.4 is 4.31 Å². The average Bonchev–Trinajstić information content (AvgIpc) is 3.14. The predicted molar refractivity (Wildman–Crippen MR) is 99.1 cm³/mol. The molecule has 0 saturated carbocycles. The van der Waals surface area contributed by atoms with Gasteiger partial charge in [-0.2, -0.15) is 0 Å². The highest BCUT2D eigenvalue weighted by atomic mass is 32.2. The number of carbonyl (C=O) groups excluding carboxylic acids is 1. The topological polar surface area (TPSA) is 60.9 Å². The summed E-state index contributed by atoms with van der Waals surface area (Å²) in [7, 11) is 0.181. The number of fused-ring (bicyclic) bond motifs is 1. The Morgan fingerprint density at radius 1 is 1.28 bits per heavy atom. The van der Waals surface area contributed by atoms with Crippen LogP contribution in [0.4, 0.5) is 5.69 Å². The van der Waals surface area contributed by atoms with Gasteiger partial charge in [-0.25, -0.2) is 8.42 Å². The molecule has 2 heterocycles. The number of hydrogen-bond donors (Lipinski definition) is 0. The zero-order chi connectivity index (χ0) is 18.2. The average molecular weight is 365 g/mol. The van der Waals surface area contributed by atoms with Crippen LogP contribution >= 0.6 is 0 Å². The maximum Gasteiger partial charge on any atom is 0.239 e. The molecule has 138 valence electrons. The maximum absolute atomic E-state index is 12.6. The molecule has 2 aliphatic rings. The van der Waals surface area contributed by atoms with Crippen molar-refractivity contribution in [1.82, 2.24) is 9.80 Å². The summed E-state index contributed by atoms with van der Waals surface area (Å²) in [5.74, 6) is 0.106. The van der Waals surface area contributed by atoms with Crippen molar-refractivity contribution in [3.63, 3.8) is 0 Å². The largest absolute Gasteiger partial charge is 0.341 e. The van der Waals surface area contributed by atoms with Crippen LogP contribution in [-0.2, 0) is 27.0 Å². The molecule has 1 amide bonds. The summed E-state index contributed by atoms with van der Waals surface area (Å²) in [4.78, 5) is 16.8. The lowest BCUT2D eigenvalue weighted by Crippen LogP contribution is -2.43. The van der Waals surface area contributed by atoms with E-state index in [1.807, 2.05) is 30.1 Å². The minimum Gasteiger partial charge on any atom is -0.341 e. The summed E-state index contributed by atoms with van der Waals surface area (Å²) < 4.78 is 25.2.